The van der Waals surface area contributed by atoms with Gasteiger partial charge in [-0.1, -0.05) is 30.3 Å². The van der Waals surface area contributed by atoms with Gasteiger partial charge in [-0.2, -0.15) is 0 Å². The predicted molar refractivity (Wildman–Crippen MR) is 117 cm³/mol. The fourth-order valence-corrected chi connectivity index (χ4v) is 3.56. The van der Waals surface area contributed by atoms with Crippen molar-refractivity contribution in [3.8, 4) is 11.5 Å². The van der Waals surface area contributed by atoms with E-state index in [2.05, 4.69) is 10.4 Å². The second-order valence-corrected chi connectivity index (χ2v) is 8.09. The number of ketones is 1. The van der Waals surface area contributed by atoms with Gasteiger partial charge in [-0.3, -0.25) is 4.79 Å². The van der Waals surface area contributed by atoms with E-state index in [4.69, 9.17) is 9.47 Å². The van der Waals surface area contributed by atoms with Gasteiger partial charge in [-0.25, -0.2) is 5.01 Å². The number of rotatable bonds is 8. The van der Waals surface area contributed by atoms with Crippen molar-refractivity contribution in [2.24, 2.45) is 5.92 Å². The van der Waals surface area contributed by atoms with E-state index < -0.39 is 0 Å². The second-order valence-electron chi connectivity index (χ2n) is 8.09. The van der Waals surface area contributed by atoms with E-state index in [9.17, 15) is 4.79 Å². The van der Waals surface area contributed by atoms with Crippen molar-refractivity contribution in [2.75, 3.05) is 18.5 Å². The third-order valence-corrected chi connectivity index (χ3v) is 4.89. The van der Waals surface area contributed by atoms with Gasteiger partial charge >= 0.3 is 0 Å². The Hall–Kier alpha value is -2.53. The Bertz CT molecular complexity index is 797. The molecule has 1 heterocycles. The van der Waals surface area contributed by atoms with Crippen LogP contribution >= 0.6 is 0 Å². The van der Waals surface area contributed by atoms with Crippen molar-refractivity contribution in [3.05, 3.63) is 54.1 Å². The lowest BCUT2D eigenvalue weighted by molar-refractivity contribution is 0.0855. The van der Waals surface area contributed by atoms with Crippen LogP contribution in [0.3, 0.4) is 0 Å². The molecule has 3 rings (SSSR count). The van der Waals surface area contributed by atoms with Crippen molar-refractivity contribution < 1.29 is 14.3 Å². The number of piperidine rings is 1. The molecule has 0 bridgehead atoms. The molecule has 0 radical (unpaired) electrons. The van der Waals surface area contributed by atoms with Crippen LogP contribution in [-0.4, -0.2) is 36.1 Å². The fourth-order valence-electron chi connectivity index (χ4n) is 3.56. The largest absolute Gasteiger partial charge is 0.491 e. The first-order chi connectivity index (χ1) is 13.9. The SMILES string of the molecule is CC(C)Oc1ccc(OC(C)C)c(NN2CCC(C(=O)c3ccccc3)CC2)c1. The van der Waals surface area contributed by atoms with E-state index in [0.717, 1.165) is 48.7 Å². The van der Waals surface area contributed by atoms with Crippen molar-refractivity contribution in [2.45, 2.75) is 52.7 Å². The first-order valence-corrected chi connectivity index (χ1v) is 10.5. The zero-order valence-electron chi connectivity index (χ0n) is 17.9. The van der Waals surface area contributed by atoms with E-state index >= 15 is 0 Å². The number of benzene rings is 2. The minimum Gasteiger partial charge on any atom is -0.491 e. The Labute approximate surface area is 174 Å². The van der Waals surface area contributed by atoms with E-state index in [0.29, 0.717) is 0 Å². The normalized spacial score (nSPS) is 15.5. The zero-order valence-corrected chi connectivity index (χ0v) is 17.9. The maximum Gasteiger partial charge on any atom is 0.166 e. The van der Waals surface area contributed by atoms with Crippen LogP contribution in [0.4, 0.5) is 5.69 Å². The summed E-state index contributed by atoms with van der Waals surface area (Å²) in [7, 11) is 0. The summed E-state index contributed by atoms with van der Waals surface area (Å²) in [5, 5.41) is 2.16. The van der Waals surface area contributed by atoms with Crippen LogP contribution in [0.1, 0.15) is 50.9 Å². The summed E-state index contributed by atoms with van der Waals surface area (Å²) >= 11 is 0. The monoisotopic (exact) mass is 396 g/mol. The lowest BCUT2D eigenvalue weighted by Gasteiger charge is -2.33. The van der Waals surface area contributed by atoms with Gasteiger partial charge in [0.2, 0.25) is 0 Å². The summed E-state index contributed by atoms with van der Waals surface area (Å²) in [6, 6.07) is 15.5. The van der Waals surface area contributed by atoms with Crippen LogP contribution in [0.2, 0.25) is 0 Å². The third kappa shape index (κ3) is 5.97. The molecule has 2 aromatic carbocycles. The number of hydrazine groups is 1. The molecule has 0 unspecified atom stereocenters. The van der Waals surface area contributed by atoms with Crippen LogP contribution in [0.15, 0.2) is 48.5 Å². The molecule has 1 N–H and O–H groups in total. The van der Waals surface area contributed by atoms with Gasteiger partial charge in [0.05, 0.1) is 17.9 Å². The maximum atomic E-state index is 12.7. The average Bonchev–Trinajstić information content (AvgIpc) is 2.70. The molecule has 156 valence electrons. The maximum absolute atomic E-state index is 12.7. The number of nitrogens with zero attached hydrogens (tertiary/aromatic N) is 1. The molecule has 0 aromatic heterocycles. The number of Topliss-reactive ketones (excluding diaryl/α,β-unsaturated/α-hetero) is 1. The van der Waals surface area contributed by atoms with E-state index in [1.54, 1.807) is 0 Å². The van der Waals surface area contributed by atoms with Crippen LogP contribution in [-0.2, 0) is 0 Å². The molecule has 29 heavy (non-hydrogen) atoms. The van der Waals surface area contributed by atoms with E-state index in [-0.39, 0.29) is 23.9 Å². The quantitative estimate of drug-likeness (QED) is 0.623. The summed E-state index contributed by atoms with van der Waals surface area (Å²) in [5.41, 5.74) is 5.19. The Morgan fingerprint density at radius 3 is 2.24 bits per heavy atom. The first-order valence-electron chi connectivity index (χ1n) is 10.5. The number of anilines is 1. The zero-order chi connectivity index (χ0) is 20.8. The molecule has 0 spiro atoms. The fraction of sp³-hybridized carbons (Fsp3) is 0.458. The number of carbonyl (C=O) groups is 1. The van der Waals surface area contributed by atoms with Crippen LogP contribution in [0.5, 0.6) is 11.5 Å². The first kappa shape index (κ1) is 21.2. The Morgan fingerprint density at radius 2 is 1.62 bits per heavy atom. The molecule has 1 aliphatic rings. The van der Waals surface area contributed by atoms with E-state index in [1.807, 2.05) is 76.2 Å². The molecule has 0 aliphatic carbocycles. The highest BCUT2D eigenvalue weighted by atomic mass is 16.5. The molecular weight excluding hydrogens is 364 g/mol. The Balaban J connectivity index is 1.65. The molecule has 1 aliphatic heterocycles. The van der Waals surface area contributed by atoms with Gasteiger partial charge in [0.15, 0.2) is 5.78 Å². The Morgan fingerprint density at radius 1 is 0.966 bits per heavy atom. The molecule has 1 saturated heterocycles. The molecule has 1 fully saturated rings. The summed E-state index contributed by atoms with van der Waals surface area (Å²) in [6.45, 7) is 9.67. The number of hydrogen-bond donors (Lipinski definition) is 1. The standard InChI is InChI=1S/C24H32N2O3/c1-17(2)28-21-10-11-23(29-18(3)4)22(16-21)25-26-14-12-20(13-15-26)24(27)19-8-6-5-7-9-19/h5-11,16-18,20,25H,12-15H2,1-4H3. The van der Waals surface area contributed by atoms with Gasteiger partial charge < -0.3 is 14.9 Å². The average molecular weight is 397 g/mol. The van der Waals surface area contributed by atoms with Gasteiger partial charge in [-0.05, 0) is 52.7 Å². The van der Waals surface area contributed by atoms with Gasteiger partial charge in [0, 0.05) is 30.6 Å². The lowest BCUT2D eigenvalue weighted by Crippen LogP contribution is -2.40. The van der Waals surface area contributed by atoms with E-state index in [1.165, 1.54) is 0 Å². The highest BCUT2D eigenvalue weighted by Crippen LogP contribution is 2.32. The number of carbonyl (C=O) groups excluding carboxylic acids is 1. The lowest BCUT2D eigenvalue weighted by atomic mass is 9.89. The highest BCUT2D eigenvalue weighted by Gasteiger charge is 2.26. The molecule has 0 saturated carbocycles. The topological polar surface area (TPSA) is 50.8 Å². The van der Waals surface area contributed by atoms with Gasteiger partial charge in [0.1, 0.15) is 11.5 Å². The van der Waals surface area contributed by atoms with Crippen LogP contribution < -0.4 is 14.9 Å². The minimum absolute atomic E-state index is 0.0810. The molecule has 0 amide bonds. The number of nitrogens with one attached hydrogen (secondary N) is 1. The molecule has 2 aromatic rings. The van der Waals surface area contributed by atoms with Crippen molar-refractivity contribution >= 4 is 11.5 Å². The molecule has 5 heteroatoms. The summed E-state index contributed by atoms with van der Waals surface area (Å²) in [4.78, 5) is 12.7. The van der Waals surface area contributed by atoms with Gasteiger partial charge in [0.25, 0.3) is 0 Å². The minimum atomic E-state index is 0.0810. The van der Waals surface area contributed by atoms with Crippen LogP contribution in [0, 0.1) is 5.92 Å². The van der Waals surface area contributed by atoms with Crippen molar-refractivity contribution in [1.82, 2.24) is 5.01 Å². The number of ether oxygens (including phenoxy) is 2. The van der Waals surface area contributed by atoms with Crippen molar-refractivity contribution in [3.63, 3.8) is 0 Å². The number of hydrogen-bond acceptors (Lipinski definition) is 5. The third-order valence-electron chi connectivity index (χ3n) is 4.89. The molecule has 0 atom stereocenters. The van der Waals surface area contributed by atoms with Crippen LogP contribution in [0.25, 0.3) is 0 Å². The predicted octanol–water partition coefficient (Wildman–Crippen LogP) is 5.18. The molecule has 5 nitrogen and oxygen atoms in total. The second kappa shape index (κ2) is 9.79. The summed E-state index contributed by atoms with van der Waals surface area (Å²) in [5.74, 6) is 1.95. The summed E-state index contributed by atoms with van der Waals surface area (Å²) in [6.07, 6.45) is 1.87. The summed E-state index contributed by atoms with van der Waals surface area (Å²) < 4.78 is 11.8. The Kier molecular flexibility index (Phi) is 7.15. The van der Waals surface area contributed by atoms with Crippen molar-refractivity contribution in [1.29, 1.82) is 0 Å². The smallest absolute Gasteiger partial charge is 0.166 e. The highest BCUT2D eigenvalue weighted by molar-refractivity contribution is 5.97. The van der Waals surface area contributed by atoms with Gasteiger partial charge in [-0.15, -0.1) is 0 Å². The molecular formula is C24H32N2O3.